The molecule has 3 nitrogen and oxygen atoms in total. The van der Waals surface area contributed by atoms with Gasteiger partial charge in [0.1, 0.15) is 5.82 Å². The first-order valence-electron chi connectivity index (χ1n) is 8.01. The van der Waals surface area contributed by atoms with Crippen molar-refractivity contribution in [3.63, 3.8) is 0 Å². The summed E-state index contributed by atoms with van der Waals surface area (Å²) in [6, 6.07) is 11.2. The lowest BCUT2D eigenvalue weighted by molar-refractivity contribution is -0.658. The molecule has 0 radical (unpaired) electrons. The van der Waals surface area contributed by atoms with E-state index in [9.17, 15) is 9.18 Å². The van der Waals surface area contributed by atoms with Crippen LogP contribution in [-0.4, -0.2) is 23.4 Å². The molecule has 3 rings (SSSR count). The maximum atomic E-state index is 13.1. The van der Waals surface area contributed by atoms with Gasteiger partial charge in [-0.15, -0.1) is 11.3 Å². The molecule has 0 spiro atoms. The molecule has 1 heterocycles. The highest BCUT2D eigenvalue weighted by atomic mass is 32.1. The third-order valence-electron chi connectivity index (χ3n) is 4.03. The minimum absolute atomic E-state index is 0.146. The summed E-state index contributed by atoms with van der Waals surface area (Å²) >= 11 is 1.72. The van der Waals surface area contributed by atoms with Crippen LogP contribution >= 0.6 is 11.3 Å². The Morgan fingerprint density at radius 3 is 2.57 bits per heavy atom. The number of benzene rings is 1. The fraction of sp³-hybridized carbons (Fsp3) is 0.389. The molecule has 2 N–H and O–H groups in total. The standard InChI is InChI=1S/C18H21FN2OS/c1-13-2-9-17(23-13)12-21(18(22)10-20-16-7-8-16)11-14-3-5-15(19)6-4-14/h2-6,9,16,20H,7-8,10-12H2,1H3/p+1. The SMILES string of the molecule is Cc1ccc(CN(Cc2ccc(F)cc2)C(=O)C[NH2+]C2CC2)s1. The number of halogens is 1. The molecule has 0 atom stereocenters. The maximum absolute atomic E-state index is 13.1. The highest BCUT2D eigenvalue weighted by Gasteiger charge is 2.27. The van der Waals surface area contributed by atoms with Gasteiger partial charge in [0.25, 0.3) is 5.91 Å². The second-order valence-electron chi connectivity index (χ2n) is 6.17. The number of aryl methyl sites for hydroxylation is 1. The van der Waals surface area contributed by atoms with Crippen molar-refractivity contribution in [2.45, 2.75) is 38.9 Å². The third kappa shape index (κ3) is 4.88. The number of amides is 1. The molecule has 0 unspecified atom stereocenters. The quantitative estimate of drug-likeness (QED) is 0.830. The average Bonchev–Trinajstić information content (AvgIpc) is 3.28. The highest BCUT2D eigenvalue weighted by Crippen LogP contribution is 2.19. The van der Waals surface area contributed by atoms with Crippen molar-refractivity contribution >= 4 is 17.2 Å². The molecule has 1 fully saturated rings. The maximum Gasteiger partial charge on any atom is 0.278 e. The number of carbonyl (C=O) groups excluding carboxylic acids is 1. The van der Waals surface area contributed by atoms with Gasteiger partial charge in [-0.05, 0) is 36.8 Å². The minimum atomic E-state index is -0.248. The van der Waals surface area contributed by atoms with E-state index in [2.05, 4.69) is 24.4 Å². The van der Waals surface area contributed by atoms with Crippen molar-refractivity contribution in [3.8, 4) is 0 Å². The van der Waals surface area contributed by atoms with Gasteiger partial charge in [-0.3, -0.25) is 4.79 Å². The Balaban J connectivity index is 1.68. The molecule has 122 valence electrons. The number of carbonyl (C=O) groups is 1. The van der Waals surface area contributed by atoms with E-state index in [4.69, 9.17) is 0 Å². The number of nitrogens with zero attached hydrogens (tertiary/aromatic N) is 1. The van der Waals surface area contributed by atoms with Crippen LogP contribution in [0.4, 0.5) is 4.39 Å². The Bertz CT molecular complexity index is 664. The molecule has 5 heteroatoms. The van der Waals surface area contributed by atoms with Crippen LogP contribution in [0.5, 0.6) is 0 Å². The van der Waals surface area contributed by atoms with E-state index < -0.39 is 0 Å². The van der Waals surface area contributed by atoms with Crippen LogP contribution in [0.15, 0.2) is 36.4 Å². The number of hydrogen-bond donors (Lipinski definition) is 1. The Kier molecular flexibility index (Phi) is 5.08. The Hall–Kier alpha value is -1.72. The summed E-state index contributed by atoms with van der Waals surface area (Å²) in [6.07, 6.45) is 2.44. The molecular weight excluding hydrogens is 311 g/mol. The summed E-state index contributed by atoms with van der Waals surface area (Å²) < 4.78 is 13.1. The molecular formula is C18H22FN2OS+. The Morgan fingerprint density at radius 2 is 1.96 bits per heavy atom. The third-order valence-corrected chi connectivity index (χ3v) is 5.02. The minimum Gasteiger partial charge on any atom is -0.336 e. The summed E-state index contributed by atoms with van der Waals surface area (Å²) in [5.74, 6) is -0.102. The molecule has 2 aromatic rings. The van der Waals surface area contributed by atoms with E-state index in [1.54, 1.807) is 23.5 Å². The van der Waals surface area contributed by atoms with Crippen molar-refractivity contribution in [1.29, 1.82) is 0 Å². The summed E-state index contributed by atoms with van der Waals surface area (Å²) in [6.45, 7) is 3.71. The Labute approximate surface area is 140 Å². The van der Waals surface area contributed by atoms with Crippen molar-refractivity contribution in [1.82, 2.24) is 4.90 Å². The lowest BCUT2D eigenvalue weighted by Crippen LogP contribution is -2.88. The smallest absolute Gasteiger partial charge is 0.278 e. The van der Waals surface area contributed by atoms with Gasteiger partial charge in [-0.2, -0.15) is 0 Å². The van der Waals surface area contributed by atoms with Gasteiger partial charge < -0.3 is 10.2 Å². The number of hydrogen-bond acceptors (Lipinski definition) is 2. The monoisotopic (exact) mass is 333 g/mol. The zero-order chi connectivity index (χ0) is 16.2. The molecule has 0 bridgehead atoms. The molecule has 1 aliphatic rings. The summed E-state index contributed by atoms with van der Waals surface area (Å²) in [5.41, 5.74) is 0.958. The lowest BCUT2D eigenvalue weighted by Gasteiger charge is -2.21. The first-order chi connectivity index (χ1) is 11.1. The second-order valence-corrected chi connectivity index (χ2v) is 7.54. The molecule has 1 saturated carbocycles. The van der Waals surface area contributed by atoms with Gasteiger partial charge in [0, 0.05) is 29.1 Å². The highest BCUT2D eigenvalue weighted by molar-refractivity contribution is 7.11. The zero-order valence-corrected chi connectivity index (χ0v) is 14.1. The summed E-state index contributed by atoms with van der Waals surface area (Å²) in [7, 11) is 0. The van der Waals surface area contributed by atoms with E-state index in [0.717, 1.165) is 5.56 Å². The van der Waals surface area contributed by atoms with Gasteiger partial charge >= 0.3 is 0 Å². The molecule has 1 aromatic carbocycles. The van der Waals surface area contributed by atoms with Gasteiger partial charge in [0.05, 0.1) is 12.6 Å². The molecule has 1 amide bonds. The number of quaternary nitrogens is 1. The van der Waals surface area contributed by atoms with E-state index in [1.165, 1.54) is 34.7 Å². The van der Waals surface area contributed by atoms with Gasteiger partial charge in [-0.25, -0.2) is 4.39 Å². The van der Waals surface area contributed by atoms with E-state index in [-0.39, 0.29) is 11.7 Å². The van der Waals surface area contributed by atoms with Crippen LogP contribution in [0.25, 0.3) is 0 Å². The van der Waals surface area contributed by atoms with Crippen LogP contribution < -0.4 is 5.32 Å². The molecule has 1 aliphatic carbocycles. The van der Waals surface area contributed by atoms with E-state index in [1.807, 2.05) is 4.90 Å². The van der Waals surface area contributed by atoms with Crippen molar-refractivity contribution in [2.24, 2.45) is 0 Å². The number of nitrogens with two attached hydrogens (primary N) is 1. The van der Waals surface area contributed by atoms with E-state index >= 15 is 0 Å². The summed E-state index contributed by atoms with van der Waals surface area (Å²) in [5, 5.41) is 2.14. The van der Waals surface area contributed by atoms with Gasteiger partial charge in [0.15, 0.2) is 6.54 Å². The van der Waals surface area contributed by atoms with Crippen LogP contribution in [0, 0.1) is 12.7 Å². The summed E-state index contributed by atoms with van der Waals surface area (Å²) in [4.78, 5) is 16.9. The average molecular weight is 333 g/mol. The second kappa shape index (κ2) is 7.23. The molecule has 23 heavy (non-hydrogen) atoms. The van der Waals surface area contributed by atoms with Crippen LogP contribution in [-0.2, 0) is 17.9 Å². The zero-order valence-electron chi connectivity index (χ0n) is 13.3. The Morgan fingerprint density at radius 1 is 1.22 bits per heavy atom. The van der Waals surface area contributed by atoms with Crippen molar-refractivity contribution < 1.29 is 14.5 Å². The predicted molar refractivity (Wildman–Crippen MR) is 89.5 cm³/mol. The van der Waals surface area contributed by atoms with Crippen LogP contribution in [0.2, 0.25) is 0 Å². The van der Waals surface area contributed by atoms with Crippen LogP contribution in [0.3, 0.4) is 0 Å². The first kappa shape index (κ1) is 16.1. The van der Waals surface area contributed by atoms with Gasteiger partial charge in [0.2, 0.25) is 0 Å². The van der Waals surface area contributed by atoms with Crippen molar-refractivity contribution in [3.05, 3.63) is 57.5 Å². The van der Waals surface area contributed by atoms with Crippen LogP contribution in [0.1, 0.15) is 28.2 Å². The number of rotatable bonds is 7. The topological polar surface area (TPSA) is 36.9 Å². The van der Waals surface area contributed by atoms with E-state index in [0.29, 0.717) is 25.7 Å². The lowest BCUT2D eigenvalue weighted by atomic mass is 10.2. The molecule has 0 saturated heterocycles. The predicted octanol–water partition coefficient (Wildman–Crippen LogP) is 2.45. The fourth-order valence-corrected chi connectivity index (χ4v) is 3.44. The largest absolute Gasteiger partial charge is 0.336 e. The van der Waals surface area contributed by atoms with Crippen molar-refractivity contribution in [2.75, 3.05) is 6.54 Å². The normalized spacial score (nSPS) is 14.0. The fourth-order valence-electron chi connectivity index (χ4n) is 2.53. The van der Waals surface area contributed by atoms with Gasteiger partial charge in [-0.1, -0.05) is 12.1 Å². The first-order valence-corrected chi connectivity index (χ1v) is 8.82. The number of thiophene rings is 1. The molecule has 0 aliphatic heterocycles. The molecule has 1 aromatic heterocycles.